The van der Waals surface area contributed by atoms with E-state index < -0.39 is 35.3 Å². The van der Waals surface area contributed by atoms with Gasteiger partial charge in [0.1, 0.15) is 0 Å². The van der Waals surface area contributed by atoms with Crippen LogP contribution in [0.2, 0.25) is 0 Å². The van der Waals surface area contributed by atoms with Crippen molar-refractivity contribution in [2.75, 3.05) is 0 Å². The molecule has 0 aliphatic rings. The fourth-order valence-electron chi connectivity index (χ4n) is 3.13. The van der Waals surface area contributed by atoms with E-state index in [0.29, 0.717) is 16.5 Å². The van der Waals surface area contributed by atoms with Gasteiger partial charge in [0.2, 0.25) is 0 Å². The average Bonchev–Trinajstić information content (AvgIpc) is 2.70. The first kappa shape index (κ1) is 19.0. The Morgan fingerprint density at radius 1 is 0.679 bits per heavy atom. The van der Waals surface area contributed by atoms with Crippen molar-refractivity contribution >= 4 is 28.5 Å². The third-order valence-electron chi connectivity index (χ3n) is 4.51. The molecule has 0 amide bonds. The number of benzene rings is 3. The van der Waals surface area contributed by atoms with E-state index in [-0.39, 0.29) is 6.42 Å². The fourth-order valence-corrected chi connectivity index (χ4v) is 3.13. The van der Waals surface area contributed by atoms with E-state index in [1.807, 2.05) is 18.2 Å². The largest absolute Gasteiger partial charge is 0.545 e. The minimum absolute atomic E-state index is 0.171. The zero-order chi connectivity index (χ0) is 20.1. The number of ketones is 1. The number of fused-ring (bicyclic) bond motifs is 1. The normalized spacial score (nSPS) is 11.7. The predicted molar refractivity (Wildman–Crippen MR) is 100 cm³/mol. The molecule has 5 nitrogen and oxygen atoms in total. The monoisotopic (exact) mass is 372 g/mol. The molecule has 0 unspecified atom stereocenters. The van der Waals surface area contributed by atoms with Crippen LogP contribution in [-0.4, -0.2) is 17.7 Å². The minimum atomic E-state index is -1.69. The zero-order valence-electron chi connectivity index (χ0n) is 14.9. The summed E-state index contributed by atoms with van der Waals surface area (Å²) in [7, 11) is 0. The molecule has 0 aromatic heterocycles. The van der Waals surface area contributed by atoms with Crippen molar-refractivity contribution in [1.29, 1.82) is 0 Å². The Hall–Kier alpha value is -3.73. The number of carbonyl (C=O) groups excluding carboxylic acids is 3. The first-order chi connectivity index (χ1) is 13.5. The lowest BCUT2D eigenvalue weighted by atomic mass is 9.93. The van der Waals surface area contributed by atoms with Gasteiger partial charge >= 0.3 is 0 Å². The minimum Gasteiger partial charge on any atom is -0.545 e. The van der Waals surface area contributed by atoms with Gasteiger partial charge in [-0.1, -0.05) is 72.8 Å². The molecule has 0 saturated carbocycles. The molecule has 0 spiro atoms. The molecular formula is C23H16O5-2. The van der Waals surface area contributed by atoms with Crippen LogP contribution >= 0.6 is 0 Å². The number of Topliss-reactive ketones (excluding diaryl/α,β-unsaturated/α-hetero) is 1. The summed E-state index contributed by atoms with van der Waals surface area (Å²) in [5, 5.41) is 24.8. The molecule has 3 aromatic rings. The summed E-state index contributed by atoms with van der Waals surface area (Å²) in [5.41, 5.74) is -0.103. The van der Waals surface area contributed by atoms with Crippen LogP contribution in [0.25, 0.3) is 10.8 Å². The van der Waals surface area contributed by atoms with Gasteiger partial charge in [-0.2, -0.15) is 0 Å². The Kier molecular flexibility index (Phi) is 5.65. The smallest absolute Gasteiger partial charge is 0.167 e. The molecule has 0 aliphatic heterocycles. The fraction of sp³-hybridized carbons (Fsp3) is 0.0870. The van der Waals surface area contributed by atoms with E-state index in [1.54, 1.807) is 54.6 Å². The molecule has 3 rings (SSSR count). The first-order valence-corrected chi connectivity index (χ1v) is 8.67. The van der Waals surface area contributed by atoms with Crippen molar-refractivity contribution < 1.29 is 24.6 Å². The molecule has 3 aromatic carbocycles. The van der Waals surface area contributed by atoms with Gasteiger partial charge in [-0.05, 0) is 33.9 Å². The van der Waals surface area contributed by atoms with Gasteiger partial charge in [-0.15, -0.1) is 0 Å². The second-order valence-corrected chi connectivity index (χ2v) is 6.32. The third-order valence-corrected chi connectivity index (χ3v) is 4.51. The Morgan fingerprint density at radius 2 is 1.29 bits per heavy atom. The maximum atomic E-state index is 12.8. The van der Waals surface area contributed by atoms with Crippen molar-refractivity contribution in [1.82, 2.24) is 0 Å². The lowest BCUT2D eigenvalue weighted by molar-refractivity contribution is -0.304. The van der Waals surface area contributed by atoms with Crippen LogP contribution in [0.4, 0.5) is 0 Å². The summed E-state index contributed by atoms with van der Waals surface area (Å²) in [6.45, 7) is 0. The number of carboxylic acid groups (broad SMARTS) is 2. The molecule has 0 saturated heterocycles. The maximum Gasteiger partial charge on any atom is 0.167 e. The summed E-state index contributed by atoms with van der Waals surface area (Å²) < 4.78 is 0. The van der Waals surface area contributed by atoms with Gasteiger partial charge < -0.3 is 19.8 Å². The number of hydrogen-bond donors (Lipinski definition) is 0. The van der Waals surface area contributed by atoms with E-state index >= 15 is 0 Å². The van der Waals surface area contributed by atoms with Gasteiger partial charge in [0.15, 0.2) is 5.78 Å². The Labute approximate surface area is 161 Å². The van der Waals surface area contributed by atoms with Gasteiger partial charge in [0.05, 0.1) is 11.9 Å². The molecule has 0 radical (unpaired) electrons. The molecule has 5 heteroatoms. The SMILES string of the molecule is O=C([O-])/C(CC(=O)c1cccc2ccccc12)=C(\Cc1ccccc1)C(=O)[O-]. The van der Waals surface area contributed by atoms with Gasteiger partial charge in [-0.25, -0.2) is 0 Å². The Bertz CT molecular complexity index is 1080. The van der Waals surface area contributed by atoms with Crippen molar-refractivity contribution in [3.05, 3.63) is 95.1 Å². The summed E-state index contributed by atoms with van der Waals surface area (Å²) in [4.78, 5) is 36.1. The Morgan fingerprint density at radius 3 is 1.96 bits per heavy atom. The summed E-state index contributed by atoms with van der Waals surface area (Å²) >= 11 is 0. The molecule has 0 aliphatic carbocycles. The molecular weight excluding hydrogens is 356 g/mol. The molecule has 28 heavy (non-hydrogen) atoms. The van der Waals surface area contributed by atoms with E-state index in [2.05, 4.69) is 0 Å². The van der Waals surface area contributed by atoms with Gasteiger partial charge in [-0.3, -0.25) is 4.79 Å². The zero-order valence-corrected chi connectivity index (χ0v) is 14.9. The molecule has 0 atom stereocenters. The van der Waals surface area contributed by atoms with E-state index in [9.17, 15) is 24.6 Å². The summed E-state index contributed by atoms with van der Waals surface area (Å²) in [6.07, 6.45) is -0.762. The quantitative estimate of drug-likeness (QED) is 0.462. The van der Waals surface area contributed by atoms with Crippen LogP contribution in [0, 0.1) is 0 Å². The van der Waals surface area contributed by atoms with Gasteiger partial charge in [0.25, 0.3) is 0 Å². The maximum absolute atomic E-state index is 12.8. The van der Waals surface area contributed by atoms with Crippen LogP contribution in [-0.2, 0) is 16.0 Å². The molecule has 0 N–H and O–H groups in total. The predicted octanol–water partition coefficient (Wildman–Crippen LogP) is 1.45. The van der Waals surface area contributed by atoms with Crippen molar-refractivity contribution in [3.63, 3.8) is 0 Å². The topological polar surface area (TPSA) is 97.3 Å². The standard InChI is InChI=1S/C23H18O5/c24-21(18-12-6-10-16-9-4-5-11-17(16)18)14-20(23(27)28)19(22(25)26)13-15-7-2-1-3-8-15/h1-12H,13-14H2,(H,25,26)(H,27,28)/p-2/b20-19+. The number of hydrogen-bond acceptors (Lipinski definition) is 5. The van der Waals surface area contributed by atoms with Crippen LogP contribution in [0.5, 0.6) is 0 Å². The highest BCUT2D eigenvalue weighted by atomic mass is 16.4. The first-order valence-electron chi connectivity index (χ1n) is 8.67. The molecule has 140 valence electrons. The molecule has 0 bridgehead atoms. The van der Waals surface area contributed by atoms with Crippen molar-refractivity contribution in [2.45, 2.75) is 12.8 Å². The number of rotatable bonds is 7. The highest BCUT2D eigenvalue weighted by molar-refractivity contribution is 6.12. The van der Waals surface area contributed by atoms with Crippen molar-refractivity contribution in [2.24, 2.45) is 0 Å². The second kappa shape index (κ2) is 8.31. The second-order valence-electron chi connectivity index (χ2n) is 6.32. The average molecular weight is 372 g/mol. The number of carboxylic acids is 2. The van der Waals surface area contributed by atoms with Gasteiger partial charge in [0, 0.05) is 12.0 Å². The van der Waals surface area contributed by atoms with Crippen LogP contribution < -0.4 is 10.2 Å². The van der Waals surface area contributed by atoms with Crippen LogP contribution in [0.1, 0.15) is 22.3 Å². The van der Waals surface area contributed by atoms with E-state index in [4.69, 9.17) is 0 Å². The van der Waals surface area contributed by atoms with E-state index in [0.717, 1.165) is 5.39 Å². The van der Waals surface area contributed by atoms with E-state index in [1.165, 1.54) is 0 Å². The lowest BCUT2D eigenvalue weighted by Crippen LogP contribution is -2.33. The highest BCUT2D eigenvalue weighted by Crippen LogP contribution is 2.23. The lowest BCUT2D eigenvalue weighted by Gasteiger charge is -2.17. The Balaban J connectivity index is 2.01. The molecule has 0 heterocycles. The third kappa shape index (κ3) is 4.15. The van der Waals surface area contributed by atoms with Crippen LogP contribution in [0.15, 0.2) is 83.9 Å². The van der Waals surface area contributed by atoms with Crippen molar-refractivity contribution in [3.8, 4) is 0 Å². The summed E-state index contributed by atoms with van der Waals surface area (Å²) in [5.74, 6) is -3.82. The van der Waals surface area contributed by atoms with Crippen LogP contribution in [0.3, 0.4) is 0 Å². The molecule has 0 fully saturated rings. The highest BCUT2D eigenvalue weighted by Gasteiger charge is 2.17. The number of aliphatic carboxylic acids is 2. The summed E-state index contributed by atoms with van der Waals surface area (Å²) in [6, 6.07) is 20.8. The number of carbonyl (C=O) groups is 3.